The van der Waals surface area contributed by atoms with Crippen LogP contribution in [0.5, 0.6) is 11.5 Å². The van der Waals surface area contributed by atoms with E-state index in [9.17, 15) is 14.4 Å². The lowest BCUT2D eigenvalue weighted by molar-refractivity contribution is -0.152. The monoisotopic (exact) mass is 571 g/mol. The molecule has 3 aliphatic rings. The molecule has 2 aromatic rings. The molecular weight excluding hydrogens is 534 g/mol. The van der Waals surface area contributed by atoms with Gasteiger partial charge in [-0.1, -0.05) is 53.6 Å². The highest BCUT2D eigenvalue weighted by Gasteiger charge is 2.50. The van der Waals surface area contributed by atoms with Gasteiger partial charge in [0.25, 0.3) is 5.91 Å². The molecule has 0 N–H and O–H groups in total. The van der Waals surface area contributed by atoms with Crippen molar-refractivity contribution in [2.45, 2.75) is 26.4 Å². The maximum atomic E-state index is 13.2. The van der Waals surface area contributed by atoms with Crippen molar-refractivity contribution in [3.05, 3.63) is 96.2 Å². The lowest BCUT2D eigenvalue weighted by Gasteiger charge is -2.36. The van der Waals surface area contributed by atoms with Crippen molar-refractivity contribution in [1.29, 1.82) is 0 Å². The molecule has 3 aliphatic heterocycles. The Hall–Kier alpha value is -4.57. The lowest BCUT2D eigenvalue weighted by atomic mass is 10.1. The first-order valence-corrected chi connectivity index (χ1v) is 14.2. The molecule has 3 fully saturated rings. The number of urea groups is 1. The molecule has 0 aliphatic carbocycles. The highest BCUT2D eigenvalue weighted by Crippen LogP contribution is 2.26. The molecule has 0 saturated carbocycles. The molecule has 5 rings (SSSR count). The molecule has 4 amide bonds. The van der Waals surface area contributed by atoms with E-state index in [-0.39, 0.29) is 0 Å². The van der Waals surface area contributed by atoms with Gasteiger partial charge in [-0.25, -0.2) is 9.59 Å². The van der Waals surface area contributed by atoms with E-state index in [0.717, 1.165) is 22.8 Å². The zero-order valence-corrected chi connectivity index (χ0v) is 24.1. The fourth-order valence-corrected chi connectivity index (χ4v) is 5.28. The minimum absolute atomic E-state index is 0.351. The van der Waals surface area contributed by atoms with Crippen LogP contribution < -0.4 is 4.74 Å². The van der Waals surface area contributed by atoms with Gasteiger partial charge >= 0.3 is 12.1 Å². The van der Waals surface area contributed by atoms with Crippen molar-refractivity contribution in [2.75, 3.05) is 45.8 Å². The van der Waals surface area contributed by atoms with Crippen LogP contribution in [0.15, 0.2) is 90.7 Å². The van der Waals surface area contributed by atoms with Gasteiger partial charge in [0.2, 0.25) is 0 Å². The van der Waals surface area contributed by atoms with Crippen molar-refractivity contribution in [3.63, 3.8) is 0 Å². The summed E-state index contributed by atoms with van der Waals surface area (Å²) in [5, 5.41) is 0.640. The highest BCUT2D eigenvalue weighted by molar-refractivity contribution is 6.04. The Labute approximate surface area is 246 Å². The number of para-hydroxylation sites is 1. The van der Waals surface area contributed by atoms with Crippen LogP contribution in [0.3, 0.4) is 0 Å². The number of carbonyl (C=O) groups excluding carboxylic acids is 3. The van der Waals surface area contributed by atoms with Gasteiger partial charge in [-0.2, -0.15) is 0 Å². The van der Waals surface area contributed by atoms with Crippen LogP contribution in [0, 0.1) is 0 Å². The second-order valence-corrected chi connectivity index (χ2v) is 10.8. The zero-order valence-electron chi connectivity index (χ0n) is 24.1. The van der Waals surface area contributed by atoms with Crippen LogP contribution in [-0.4, -0.2) is 94.5 Å². The smallest absolute Gasteiger partial charge is 0.434 e. The third-order valence-electron chi connectivity index (χ3n) is 7.52. The van der Waals surface area contributed by atoms with Gasteiger partial charge in [0.15, 0.2) is 0 Å². The predicted molar refractivity (Wildman–Crippen MR) is 158 cm³/mol. The highest BCUT2D eigenvalue weighted by atomic mass is 16.7. The number of imide groups is 1. The van der Waals surface area contributed by atoms with Gasteiger partial charge in [0, 0.05) is 58.1 Å². The van der Waals surface area contributed by atoms with Crippen LogP contribution in [0.2, 0.25) is 0 Å². The van der Waals surface area contributed by atoms with Crippen LogP contribution in [-0.2, 0) is 16.2 Å². The van der Waals surface area contributed by atoms with E-state index in [0.29, 0.717) is 57.4 Å². The maximum absolute atomic E-state index is 13.2. The minimum atomic E-state index is -0.699. The molecular formula is C32H37N5O5. The Bertz CT molecular complexity index is 1380. The standard InChI is InChI=1S/C32H37N5O5/c1-4-26(14-13-24(2)3)34-16-18-35(19-17-34)32(40)42-37-30(38)29-23-33(15-20-36(29)31(37)39)22-25-9-8-12-28(21-25)41-27-10-6-5-7-11-27/h4-14,21,29H,1,15-20,22-23H2,2-3H3/b26-14+. The molecule has 3 heterocycles. The van der Waals surface area contributed by atoms with E-state index in [1.54, 1.807) is 6.08 Å². The molecule has 42 heavy (non-hydrogen) atoms. The summed E-state index contributed by atoms with van der Waals surface area (Å²) in [6, 6.07) is 16.1. The number of carbonyl (C=O) groups is 3. The van der Waals surface area contributed by atoms with E-state index >= 15 is 0 Å². The number of benzene rings is 2. The van der Waals surface area contributed by atoms with Crippen LogP contribution >= 0.6 is 0 Å². The van der Waals surface area contributed by atoms with Crippen molar-refractivity contribution < 1.29 is 24.0 Å². The fraction of sp³-hybridized carbons (Fsp3) is 0.344. The molecule has 3 saturated heterocycles. The largest absolute Gasteiger partial charge is 0.457 e. The number of hydroxylamine groups is 2. The third-order valence-corrected chi connectivity index (χ3v) is 7.52. The molecule has 0 radical (unpaired) electrons. The third kappa shape index (κ3) is 6.66. The summed E-state index contributed by atoms with van der Waals surface area (Å²) in [6.45, 7) is 11.8. The van der Waals surface area contributed by atoms with Crippen LogP contribution in [0.4, 0.5) is 9.59 Å². The van der Waals surface area contributed by atoms with Gasteiger partial charge in [-0.05, 0) is 55.8 Å². The number of allylic oxidation sites excluding steroid dienone is 4. The summed E-state index contributed by atoms with van der Waals surface area (Å²) in [4.78, 5) is 51.8. The van der Waals surface area contributed by atoms with E-state index in [1.165, 1.54) is 15.4 Å². The van der Waals surface area contributed by atoms with Gasteiger partial charge in [-0.15, -0.1) is 0 Å². The summed E-state index contributed by atoms with van der Waals surface area (Å²) in [5.74, 6) is 0.970. The number of piperazine rings is 2. The molecule has 1 unspecified atom stereocenters. The second-order valence-electron chi connectivity index (χ2n) is 10.8. The van der Waals surface area contributed by atoms with Gasteiger partial charge < -0.3 is 24.3 Å². The Balaban J connectivity index is 1.15. The Morgan fingerprint density at radius 3 is 2.33 bits per heavy atom. The number of fused-ring (bicyclic) bond motifs is 1. The summed E-state index contributed by atoms with van der Waals surface area (Å²) in [7, 11) is 0. The number of hydrogen-bond acceptors (Lipinski definition) is 7. The van der Waals surface area contributed by atoms with Crippen molar-refractivity contribution in [2.24, 2.45) is 0 Å². The van der Waals surface area contributed by atoms with Crippen LogP contribution in [0.1, 0.15) is 19.4 Å². The Morgan fingerprint density at radius 1 is 0.905 bits per heavy atom. The summed E-state index contributed by atoms with van der Waals surface area (Å²) < 4.78 is 5.96. The average molecular weight is 572 g/mol. The van der Waals surface area contributed by atoms with E-state index in [2.05, 4.69) is 16.4 Å². The van der Waals surface area contributed by atoms with Crippen molar-refractivity contribution >= 4 is 18.0 Å². The summed E-state index contributed by atoms with van der Waals surface area (Å²) in [5.41, 5.74) is 3.19. The van der Waals surface area contributed by atoms with Gasteiger partial charge in [0.05, 0.1) is 0 Å². The molecule has 1 atom stereocenters. The molecule has 2 aromatic carbocycles. The van der Waals surface area contributed by atoms with E-state index in [4.69, 9.17) is 9.57 Å². The van der Waals surface area contributed by atoms with Crippen LogP contribution in [0.25, 0.3) is 0 Å². The molecule has 10 nitrogen and oxygen atoms in total. The predicted octanol–water partition coefficient (Wildman–Crippen LogP) is 4.63. The Kier molecular flexibility index (Phi) is 8.92. The number of ether oxygens (including phenoxy) is 1. The van der Waals surface area contributed by atoms with Gasteiger partial charge in [0.1, 0.15) is 17.5 Å². The topological polar surface area (TPSA) is 85.9 Å². The normalized spacial score (nSPS) is 19.5. The SMILES string of the molecule is C=C/C(=C\C=C(C)C)N1CCN(C(=O)ON2C(=O)C3CN(Cc4cccc(Oc5ccccc5)c4)CCN3C2=O)CC1. The minimum Gasteiger partial charge on any atom is -0.457 e. The Morgan fingerprint density at radius 2 is 1.62 bits per heavy atom. The fourth-order valence-electron chi connectivity index (χ4n) is 5.28. The van der Waals surface area contributed by atoms with E-state index in [1.807, 2.05) is 80.6 Å². The number of hydrogen-bond donors (Lipinski definition) is 0. The average Bonchev–Trinajstić information content (AvgIpc) is 3.22. The number of nitrogens with zero attached hydrogens (tertiary/aromatic N) is 5. The van der Waals surface area contributed by atoms with Gasteiger partial charge in [-0.3, -0.25) is 9.69 Å². The zero-order chi connectivity index (χ0) is 29.6. The van der Waals surface area contributed by atoms with E-state index < -0.39 is 24.1 Å². The molecule has 0 spiro atoms. The van der Waals surface area contributed by atoms with Crippen molar-refractivity contribution in [3.8, 4) is 11.5 Å². The first-order chi connectivity index (χ1) is 20.3. The maximum Gasteiger partial charge on any atom is 0.434 e. The summed E-state index contributed by atoms with van der Waals surface area (Å²) >= 11 is 0. The first-order valence-electron chi connectivity index (χ1n) is 14.2. The molecule has 0 bridgehead atoms. The first kappa shape index (κ1) is 28.9. The molecule has 0 aromatic heterocycles. The second kappa shape index (κ2) is 12.9. The quantitative estimate of drug-likeness (QED) is 0.337. The molecule has 220 valence electrons. The number of rotatable bonds is 8. The summed E-state index contributed by atoms with van der Waals surface area (Å²) in [6.07, 6.45) is 5.13. The number of amides is 4. The lowest BCUT2D eigenvalue weighted by Crippen LogP contribution is -2.52. The molecule has 10 heteroatoms. The van der Waals surface area contributed by atoms with Crippen molar-refractivity contribution in [1.82, 2.24) is 24.7 Å².